The Labute approximate surface area is 79.0 Å². The predicted molar refractivity (Wildman–Crippen MR) is 50.6 cm³/mol. The molecule has 0 rings (SSSR count). The van der Waals surface area contributed by atoms with Crippen molar-refractivity contribution in [2.75, 3.05) is 13.2 Å². The van der Waals surface area contributed by atoms with Crippen molar-refractivity contribution in [1.29, 1.82) is 0 Å². The lowest BCUT2D eigenvalue weighted by Gasteiger charge is -2.10. The molecule has 0 saturated carbocycles. The van der Waals surface area contributed by atoms with Crippen molar-refractivity contribution in [2.45, 2.75) is 32.7 Å². The molecule has 0 amide bonds. The number of rotatable bonds is 7. The van der Waals surface area contributed by atoms with Gasteiger partial charge in [0, 0.05) is 6.61 Å². The maximum Gasteiger partial charge on any atom is 0.320 e. The number of hydrogen-bond acceptors (Lipinski definition) is 3. The van der Waals surface area contributed by atoms with Crippen LogP contribution in [0.25, 0.3) is 0 Å². The molecule has 0 radical (unpaired) electrons. The molecule has 0 fully saturated rings. The molecular formula is C9H19NO3. The second-order valence-electron chi connectivity index (χ2n) is 3.44. The Hall–Kier alpha value is -0.610. The summed E-state index contributed by atoms with van der Waals surface area (Å²) in [6.45, 7) is 4.49. The topological polar surface area (TPSA) is 69.6 Å². The summed E-state index contributed by atoms with van der Waals surface area (Å²) in [6.07, 6.45) is 1.83. The zero-order chi connectivity index (χ0) is 10.3. The Morgan fingerprint density at radius 1 is 1.46 bits per heavy atom. The molecule has 0 aromatic rings. The van der Waals surface area contributed by atoms with Crippen molar-refractivity contribution in [3.05, 3.63) is 0 Å². The number of carbonyl (C=O) groups is 1. The minimum atomic E-state index is -0.824. The van der Waals surface area contributed by atoms with Crippen LogP contribution in [0.1, 0.15) is 26.7 Å². The van der Waals surface area contributed by atoms with Crippen molar-refractivity contribution >= 4 is 5.97 Å². The van der Waals surface area contributed by atoms with Crippen LogP contribution in [0, 0.1) is 5.92 Å². The fourth-order valence-electron chi connectivity index (χ4n) is 0.948. The Morgan fingerprint density at radius 3 is 2.54 bits per heavy atom. The first-order valence-corrected chi connectivity index (χ1v) is 4.65. The van der Waals surface area contributed by atoms with E-state index in [9.17, 15) is 4.79 Å². The molecule has 0 aromatic carbocycles. The third kappa shape index (κ3) is 6.54. The smallest absolute Gasteiger partial charge is 0.320 e. The molecule has 0 aliphatic heterocycles. The van der Waals surface area contributed by atoms with Crippen LogP contribution in [0.3, 0.4) is 0 Å². The number of hydrogen-bond donors (Lipinski definition) is 3. The largest absolute Gasteiger partial charge is 0.480 e. The Kier molecular flexibility index (Phi) is 6.54. The number of aliphatic carboxylic acids is 1. The van der Waals surface area contributed by atoms with Gasteiger partial charge in [0.15, 0.2) is 0 Å². The van der Waals surface area contributed by atoms with Crippen molar-refractivity contribution in [3.8, 4) is 0 Å². The van der Waals surface area contributed by atoms with Gasteiger partial charge < -0.3 is 15.5 Å². The maximum atomic E-state index is 10.4. The molecule has 4 heteroatoms. The summed E-state index contributed by atoms with van der Waals surface area (Å²) >= 11 is 0. The fraction of sp³-hybridized carbons (Fsp3) is 0.889. The maximum absolute atomic E-state index is 10.4. The summed E-state index contributed by atoms with van der Waals surface area (Å²) in [5.41, 5.74) is 0. The molecule has 0 spiro atoms. The van der Waals surface area contributed by atoms with Crippen LogP contribution in [-0.4, -0.2) is 35.4 Å². The molecule has 0 bridgehead atoms. The summed E-state index contributed by atoms with van der Waals surface area (Å²) in [4.78, 5) is 10.4. The highest BCUT2D eigenvalue weighted by Gasteiger charge is 2.08. The normalized spacial score (nSPS) is 15.3. The minimum Gasteiger partial charge on any atom is -0.480 e. The third-order valence-electron chi connectivity index (χ3n) is 2.01. The molecule has 4 nitrogen and oxygen atoms in total. The lowest BCUT2D eigenvalue weighted by atomic mass is 10.1. The lowest BCUT2D eigenvalue weighted by molar-refractivity contribution is -0.138. The highest BCUT2D eigenvalue weighted by Crippen LogP contribution is 2.02. The van der Waals surface area contributed by atoms with Crippen molar-refractivity contribution < 1.29 is 15.0 Å². The van der Waals surface area contributed by atoms with Crippen LogP contribution in [0.15, 0.2) is 0 Å². The van der Waals surface area contributed by atoms with E-state index in [1.54, 1.807) is 6.92 Å². The van der Waals surface area contributed by atoms with E-state index in [0.29, 0.717) is 12.5 Å². The van der Waals surface area contributed by atoms with Gasteiger partial charge in [-0.1, -0.05) is 6.92 Å². The summed E-state index contributed by atoms with van der Waals surface area (Å²) in [5.74, 6) is -0.517. The number of aliphatic hydroxyl groups excluding tert-OH is 1. The van der Waals surface area contributed by atoms with Gasteiger partial charge in [0.25, 0.3) is 0 Å². The van der Waals surface area contributed by atoms with E-state index in [1.807, 2.05) is 6.92 Å². The first-order valence-electron chi connectivity index (χ1n) is 4.65. The molecule has 0 saturated heterocycles. The van der Waals surface area contributed by atoms with E-state index in [1.165, 1.54) is 0 Å². The first kappa shape index (κ1) is 12.4. The molecule has 2 unspecified atom stereocenters. The highest BCUT2D eigenvalue weighted by atomic mass is 16.4. The zero-order valence-corrected chi connectivity index (χ0v) is 8.29. The van der Waals surface area contributed by atoms with E-state index in [-0.39, 0.29) is 6.61 Å². The highest BCUT2D eigenvalue weighted by molar-refractivity contribution is 5.72. The van der Waals surface area contributed by atoms with Crippen LogP contribution in [0.5, 0.6) is 0 Å². The van der Waals surface area contributed by atoms with Crippen molar-refractivity contribution in [3.63, 3.8) is 0 Å². The Bertz CT molecular complexity index is 150. The monoisotopic (exact) mass is 189 g/mol. The van der Waals surface area contributed by atoms with Gasteiger partial charge >= 0.3 is 5.97 Å². The molecule has 3 N–H and O–H groups in total. The van der Waals surface area contributed by atoms with E-state index < -0.39 is 12.0 Å². The van der Waals surface area contributed by atoms with E-state index in [4.69, 9.17) is 10.2 Å². The fourth-order valence-corrected chi connectivity index (χ4v) is 0.948. The third-order valence-corrected chi connectivity index (χ3v) is 2.01. The Morgan fingerprint density at radius 2 is 2.08 bits per heavy atom. The molecule has 78 valence electrons. The molecule has 0 heterocycles. The summed E-state index contributed by atoms with van der Waals surface area (Å²) in [7, 11) is 0. The van der Waals surface area contributed by atoms with Crippen molar-refractivity contribution in [1.82, 2.24) is 5.32 Å². The van der Waals surface area contributed by atoms with Crippen LogP contribution in [-0.2, 0) is 4.79 Å². The summed E-state index contributed by atoms with van der Waals surface area (Å²) < 4.78 is 0. The summed E-state index contributed by atoms with van der Waals surface area (Å²) in [6, 6.07) is -0.482. The lowest BCUT2D eigenvalue weighted by Crippen LogP contribution is -2.34. The van der Waals surface area contributed by atoms with E-state index in [0.717, 1.165) is 12.8 Å². The first-order chi connectivity index (χ1) is 6.07. The standard InChI is InChI=1S/C9H19NO3/c1-7(6-11)4-3-5-10-8(2)9(12)13/h7-8,10-11H,3-6H2,1-2H3,(H,12,13). The van der Waals surface area contributed by atoms with Crippen molar-refractivity contribution in [2.24, 2.45) is 5.92 Å². The van der Waals surface area contributed by atoms with Gasteiger partial charge in [-0.3, -0.25) is 4.79 Å². The SMILES string of the molecule is CC(CO)CCCNC(C)C(=O)O. The number of aliphatic hydroxyl groups is 1. The second kappa shape index (κ2) is 6.86. The van der Waals surface area contributed by atoms with Gasteiger partial charge in [-0.2, -0.15) is 0 Å². The minimum absolute atomic E-state index is 0.203. The van der Waals surface area contributed by atoms with Crippen LogP contribution in [0.4, 0.5) is 0 Å². The molecule has 0 aromatic heterocycles. The van der Waals surface area contributed by atoms with Gasteiger partial charge in [0.2, 0.25) is 0 Å². The Balaban J connectivity index is 3.30. The summed E-state index contributed by atoms with van der Waals surface area (Å²) in [5, 5.41) is 20.1. The van der Waals surface area contributed by atoms with Gasteiger partial charge in [-0.25, -0.2) is 0 Å². The van der Waals surface area contributed by atoms with E-state index in [2.05, 4.69) is 5.32 Å². The zero-order valence-electron chi connectivity index (χ0n) is 8.29. The second-order valence-corrected chi connectivity index (χ2v) is 3.44. The number of nitrogens with one attached hydrogen (secondary N) is 1. The average Bonchev–Trinajstić information content (AvgIpc) is 2.11. The molecule has 0 aliphatic carbocycles. The van der Waals surface area contributed by atoms with E-state index >= 15 is 0 Å². The molecule has 0 aliphatic rings. The molecular weight excluding hydrogens is 170 g/mol. The van der Waals surface area contributed by atoms with Crippen LogP contribution in [0.2, 0.25) is 0 Å². The van der Waals surface area contributed by atoms with Gasteiger partial charge in [0.05, 0.1) is 0 Å². The van der Waals surface area contributed by atoms with Gasteiger partial charge in [-0.05, 0) is 32.2 Å². The molecule has 13 heavy (non-hydrogen) atoms. The predicted octanol–water partition coefficient (Wildman–Crippen LogP) is 0.458. The van der Waals surface area contributed by atoms with Crippen LogP contribution < -0.4 is 5.32 Å². The molecule has 2 atom stereocenters. The average molecular weight is 189 g/mol. The number of carboxylic acid groups (broad SMARTS) is 1. The van der Waals surface area contributed by atoms with Gasteiger partial charge in [-0.15, -0.1) is 0 Å². The quantitative estimate of drug-likeness (QED) is 0.509. The van der Waals surface area contributed by atoms with Gasteiger partial charge in [0.1, 0.15) is 6.04 Å². The number of carboxylic acids is 1. The van der Waals surface area contributed by atoms with Crippen LogP contribution >= 0.6 is 0 Å².